The van der Waals surface area contributed by atoms with Crippen LogP contribution in [-0.4, -0.2) is 32.6 Å². The van der Waals surface area contributed by atoms with Crippen molar-refractivity contribution in [3.8, 4) is 11.5 Å². The molecule has 112 valence electrons. The van der Waals surface area contributed by atoms with E-state index >= 15 is 0 Å². The molecule has 1 N–H and O–H groups in total. The third kappa shape index (κ3) is 4.60. The molecule has 5 heteroatoms. The first-order chi connectivity index (χ1) is 9.43. The van der Waals surface area contributed by atoms with Gasteiger partial charge in [0.05, 0.1) is 14.2 Å². The van der Waals surface area contributed by atoms with Gasteiger partial charge in [-0.3, -0.25) is 4.79 Å². The average Bonchev–Trinajstić information content (AvgIpc) is 2.44. The number of carbonyl (C=O) groups is 1. The predicted octanol–water partition coefficient (Wildman–Crippen LogP) is 3.09. The van der Waals surface area contributed by atoms with Crippen LogP contribution in [0.25, 0.3) is 0 Å². The minimum Gasteiger partial charge on any atom is -0.493 e. The number of methoxy groups -OCH3 is 2. The lowest BCUT2D eigenvalue weighted by Gasteiger charge is -2.23. The second-order valence-electron chi connectivity index (χ2n) is 5.36. The van der Waals surface area contributed by atoms with Crippen LogP contribution < -0.4 is 14.8 Å². The van der Waals surface area contributed by atoms with Gasteiger partial charge in [-0.2, -0.15) is 0 Å². The van der Waals surface area contributed by atoms with Crippen molar-refractivity contribution in [2.75, 3.05) is 26.6 Å². The molecule has 0 fully saturated rings. The van der Waals surface area contributed by atoms with Crippen LogP contribution in [0.3, 0.4) is 0 Å². The molecule has 20 heavy (non-hydrogen) atoms. The van der Waals surface area contributed by atoms with E-state index in [-0.39, 0.29) is 11.3 Å². The monoisotopic (exact) mass is 299 g/mol. The predicted molar refractivity (Wildman–Crippen MR) is 81.0 cm³/mol. The van der Waals surface area contributed by atoms with Gasteiger partial charge in [0.2, 0.25) is 0 Å². The smallest absolute Gasteiger partial charge is 0.251 e. The van der Waals surface area contributed by atoms with Crippen LogP contribution in [-0.2, 0) is 0 Å². The number of amides is 1. The molecule has 1 amide bonds. The van der Waals surface area contributed by atoms with E-state index in [1.165, 1.54) is 0 Å². The van der Waals surface area contributed by atoms with Gasteiger partial charge in [-0.15, -0.1) is 11.6 Å². The number of carbonyl (C=O) groups excluding carboxylic acids is 1. The van der Waals surface area contributed by atoms with E-state index in [1.807, 2.05) is 0 Å². The summed E-state index contributed by atoms with van der Waals surface area (Å²) in [6.45, 7) is 4.72. The fourth-order valence-corrected chi connectivity index (χ4v) is 2.25. The van der Waals surface area contributed by atoms with Crippen molar-refractivity contribution < 1.29 is 14.3 Å². The molecular weight excluding hydrogens is 278 g/mol. The maximum absolute atomic E-state index is 12.1. The number of ether oxygens (including phenoxy) is 2. The van der Waals surface area contributed by atoms with Crippen molar-refractivity contribution >= 4 is 17.5 Å². The third-order valence-corrected chi connectivity index (χ3v) is 3.33. The molecule has 0 aliphatic heterocycles. The van der Waals surface area contributed by atoms with E-state index in [0.29, 0.717) is 29.5 Å². The molecule has 1 aromatic rings. The van der Waals surface area contributed by atoms with Gasteiger partial charge in [0.15, 0.2) is 11.5 Å². The van der Waals surface area contributed by atoms with E-state index in [9.17, 15) is 4.79 Å². The van der Waals surface area contributed by atoms with Gasteiger partial charge in [0.25, 0.3) is 5.91 Å². The van der Waals surface area contributed by atoms with Crippen LogP contribution in [0.2, 0.25) is 0 Å². The first kappa shape index (κ1) is 16.6. The van der Waals surface area contributed by atoms with Crippen LogP contribution >= 0.6 is 11.6 Å². The van der Waals surface area contributed by atoms with Crippen LogP contribution in [0, 0.1) is 5.41 Å². The largest absolute Gasteiger partial charge is 0.493 e. The molecule has 0 saturated carbocycles. The zero-order valence-electron chi connectivity index (χ0n) is 12.5. The molecule has 4 nitrogen and oxygen atoms in total. The Bertz CT molecular complexity index is 460. The Morgan fingerprint density at radius 1 is 1.25 bits per heavy atom. The minimum absolute atomic E-state index is 0.0199. The Hall–Kier alpha value is -1.42. The first-order valence-electron chi connectivity index (χ1n) is 6.49. The van der Waals surface area contributed by atoms with E-state index in [0.717, 1.165) is 6.42 Å². The second kappa shape index (κ2) is 7.39. The Balaban J connectivity index is 2.73. The standard InChI is InChI=1S/C15H22ClNO3/c1-15(2,7-8-16)10-17-14(18)11-5-6-12(19-3)13(9-11)20-4/h5-6,9H,7-8,10H2,1-4H3,(H,17,18). The first-order valence-corrected chi connectivity index (χ1v) is 7.03. The molecule has 0 saturated heterocycles. The molecule has 0 spiro atoms. The number of hydrogen-bond acceptors (Lipinski definition) is 3. The minimum atomic E-state index is -0.131. The van der Waals surface area contributed by atoms with E-state index < -0.39 is 0 Å². The van der Waals surface area contributed by atoms with Gasteiger partial charge in [-0.05, 0) is 30.0 Å². The van der Waals surface area contributed by atoms with Gasteiger partial charge in [-0.1, -0.05) is 13.8 Å². The Kier molecular flexibility index (Phi) is 6.14. The summed E-state index contributed by atoms with van der Waals surface area (Å²) in [6, 6.07) is 5.10. The SMILES string of the molecule is COc1ccc(C(=O)NCC(C)(C)CCCl)cc1OC. The average molecular weight is 300 g/mol. The highest BCUT2D eigenvalue weighted by Crippen LogP contribution is 2.27. The van der Waals surface area contributed by atoms with Crippen LogP contribution in [0.4, 0.5) is 0 Å². The number of halogens is 1. The Labute approximate surface area is 125 Å². The van der Waals surface area contributed by atoms with Crippen molar-refractivity contribution in [3.63, 3.8) is 0 Å². The lowest BCUT2D eigenvalue weighted by Crippen LogP contribution is -2.34. The van der Waals surface area contributed by atoms with Crippen molar-refractivity contribution in [3.05, 3.63) is 23.8 Å². The highest BCUT2D eigenvalue weighted by Gasteiger charge is 2.19. The molecule has 1 rings (SSSR count). The number of benzene rings is 1. The summed E-state index contributed by atoms with van der Waals surface area (Å²) in [5.41, 5.74) is 0.526. The molecule has 0 aliphatic rings. The third-order valence-electron chi connectivity index (χ3n) is 3.14. The molecule has 0 heterocycles. The number of rotatable bonds is 7. The lowest BCUT2D eigenvalue weighted by molar-refractivity contribution is 0.0935. The van der Waals surface area contributed by atoms with Crippen LogP contribution in [0.1, 0.15) is 30.6 Å². The van der Waals surface area contributed by atoms with E-state index in [2.05, 4.69) is 19.2 Å². The van der Waals surface area contributed by atoms with Crippen molar-refractivity contribution in [2.24, 2.45) is 5.41 Å². The molecule has 0 bridgehead atoms. The summed E-state index contributed by atoms with van der Waals surface area (Å²) in [5, 5.41) is 2.92. The number of nitrogens with one attached hydrogen (secondary N) is 1. The van der Waals surface area contributed by atoms with Gasteiger partial charge in [0.1, 0.15) is 0 Å². The highest BCUT2D eigenvalue weighted by molar-refractivity contribution is 6.17. The zero-order chi connectivity index (χ0) is 15.2. The number of hydrogen-bond donors (Lipinski definition) is 1. The molecule has 1 aromatic carbocycles. The van der Waals surface area contributed by atoms with Crippen molar-refractivity contribution in [1.29, 1.82) is 0 Å². The molecular formula is C15H22ClNO3. The van der Waals surface area contributed by atoms with E-state index in [1.54, 1.807) is 32.4 Å². The van der Waals surface area contributed by atoms with Crippen LogP contribution in [0.15, 0.2) is 18.2 Å². The zero-order valence-corrected chi connectivity index (χ0v) is 13.2. The fourth-order valence-electron chi connectivity index (χ4n) is 1.74. The molecule has 0 atom stereocenters. The van der Waals surface area contributed by atoms with Gasteiger partial charge < -0.3 is 14.8 Å². The quantitative estimate of drug-likeness (QED) is 0.787. The molecule has 0 unspecified atom stereocenters. The normalized spacial score (nSPS) is 11.1. The highest BCUT2D eigenvalue weighted by atomic mass is 35.5. The molecule has 0 aromatic heterocycles. The van der Waals surface area contributed by atoms with Gasteiger partial charge in [0, 0.05) is 18.0 Å². The molecule has 0 radical (unpaired) electrons. The fraction of sp³-hybridized carbons (Fsp3) is 0.533. The topological polar surface area (TPSA) is 47.6 Å². The van der Waals surface area contributed by atoms with Gasteiger partial charge >= 0.3 is 0 Å². The Morgan fingerprint density at radius 2 is 1.90 bits per heavy atom. The summed E-state index contributed by atoms with van der Waals surface area (Å²) in [5.74, 6) is 1.60. The van der Waals surface area contributed by atoms with Crippen molar-refractivity contribution in [1.82, 2.24) is 5.32 Å². The molecule has 0 aliphatic carbocycles. The Morgan fingerprint density at radius 3 is 2.45 bits per heavy atom. The second-order valence-corrected chi connectivity index (χ2v) is 5.73. The number of alkyl halides is 1. The summed E-state index contributed by atoms with van der Waals surface area (Å²) in [7, 11) is 3.11. The van der Waals surface area contributed by atoms with Gasteiger partial charge in [-0.25, -0.2) is 0 Å². The maximum Gasteiger partial charge on any atom is 0.251 e. The summed E-state index contributed by atoms with van der Waals surface area (Å²) in [6.07, 6.45) is 0.848. The lowest BCUT2D eigenvalue weighted by atomic mass is 9.90. The van der Waals surface area contributed by atoms with Crippen LogP contribution in [0.5, 0.6) is 11.5 Å². The maximum atomic E-state index is 12.1. The van der Waals surface area contributed by atoms with E-state index in [4.69, 9.17) is 21.1 Å². The summed E-state index contributed by atoms with van der Waals surface area (Å²) < 4.78 is 10.3. The van der Waals surface area contributed by atoms with Crippen molar-refractivity contribution in [2.45, 2.75) is 20.3 Å². The summed E-state index contributed by atoms with van der Waals surface area (Å²) in [4.78, 5) is 12.1. The summed E-state index contributed by atoms with van der Waals surface area (Å²) >= 11 is 5.75.